The van der Waals surface area contributed by atoms with E-state index < -0.39 is 11.9 Å². The molecule has 2 amide bonds. The van der Waals surface area contributed by atoms with Gasteiger partial charge in [-0.05, 0) is 25.0 Å². The van der Waals surface area contributed by atoms with E-state index in [-0.39, 0.29) is 17.2 Å². The number of phenolic OH excluding ortho intramolecular Hbond substituents is 1. The van der Waals surface area contributed by atoms with E-state index in [0.29, 0.717) is 13.0 Å². The summed E-state index contributed by atoms with van der Waals surface area (Å²) >= 11 is 0. The molecule has 2 rings (SSSR count). The molecule has 90 valence electrons. The van der Waals surface area contributed by atoms with E-state index in [1.165, 1.54) is 12.1 Å². The van der Waals surface area contributed by atoms with Gasteiger partial charge in [-0.3, -0.25) is 9.59 Å². The van der Waals surface area contributed by atoms with Gasteiger partial charge in [-0.25, -0.2) is 0 Å². The van der Waals surface area contributed by atoms with Crippen molar-refractivity contribution in [3.8, 4) is 5.75 Å². The van der Waals surface area contributed by atoms with Gasteiger partial charge in [0.25, 0.3) is 5.91 Å². The molecule has 3 N–H and O–H groups in total. The van der Waals surface area contributed by atoms with Gasteiger partial charge in [-0.15, -0.1) is 0 Å². The summed E-state index contributed by atoms with van der Waals surface area (Å²) in [6, 6.07) is 5.76. The highest BCUT2D eigenvalue weighted by molar-refractivity contribution is 5.99. The fourth-order valence-electron chi connectivity index (χ4n) is 1.81. The van der Waals surface area contributed by atoms with Crippen LogP contribution in [-0.2, 0) is 4.79 Å². The number of carbonyl (C=O) groups is 2. The SMILES string of the molecule is O=C(NC1CCCNC1=O)c1ccccc1O. The summed E-state index contributed by atoms with van der Waals surface area (Å²) in [4.78, 5) is 23.3. The Labute approximate surface area is 98.8 Å². The van der Waals surface area contributed by atoms with Crippen molar-refractivity contribution >= 4 is 11.8 Å². The molecule has 1 aromatic rings. The second-order valence-electron chi connectivity index (χ2n) is 3.98. The Bertz CT molecular complexity index is 445. The molecule has 5 heteroatoms. The van der Waals surface area contributed by atoms with Gasteiger partial charge in [0, 0.05) is 6.54 Å². The predicted octanol–water partition coefficient (Wildman–Crippen LogP) is 0.401. The van der Waals surface area contributed by atoms with Crippen LogP contribution >= 0.6 is 0 Å². The lowest BCUT2D eigenvalue weighted by atomic mass is 10.1. The molecule has 0 spiro atoms. The van der Waals surface area contributed by atoms with Crippen LogP contribution in [0.2, 0.25) is 0 Å². The van der Waals surface area contributed by atoms with Gasteiger partial charge in [0.15, 0.2) is 0 Å². The number of hydrogen-bond donors (Lipinski definition) is 3. The van der Waals surface area contributed by atoms with Crippen molar-refractivity contribution < 1.29 is 14.7 Å². The Morgan fingerprint density at radius 3 is 2.88 bits per heavy atom. The molecular formula is C12H14N2O3. The number of para-hydroxylation sites is 1. The average molecular weight is 234 g/mol. The normalized spacial score (nSPS) is 19.5. The second kappa shape index (κ2) is 4.86. The summed E-state index contributed by atoms with van der Waals surface area (Å²) in [6.45, 7) is 0.655. The number of carbonyl (C=O) groups excluding carboxylic acids is 2. The maximum atomic E-state index is 11.8. The average Bonchev–Trinajstić information content (AvgIpc) is 2.32. The Hall–Kier alpha value is -2.04. The molecular weight excluding hydrogens is 220 g/mol. The van der Waals surface area contributed by atoms with Crippen molar-refractivity contribution in [1.29, 1.82) is 0 Å². The molecule has 1 saturated heterocycles. The number of rotatable bonds is 2. The third kappa shape index (κ3) is 2.55. The number of aromatic hydroxyl groups is 1. The van der Waals surface area contributed by atoms with Gasteiger partial charge in [0.1, 0.15) is 11.8 Å². The summed E-state index contributed by atoms with van der Waals surface area (Å²) in [5.74, 6) is -0.675. The molecule has 0 radical (unpaired) electrons. The van der Waals surface area contributed by atoms with Crippen molar-refractivity contribution in [2.24, 2.45) is 0 Å². The lowest BCUT2D eigenvalue weighted by Crippen LogP contribution is -2.50. The standard InChI is InChI=1S/C12H14N2O3/c15-10-6-2-1-4-8(10)11(16)14-9-5-3-7-13-12(9)17/h1-2,4,6,9,15H,3,5,7H2,(H,13,17)(H,14,16). The summed E-state index contributed by atoms with van der Waals surface area (Å²) in [7, 11) is 0. The van der Waals surface area contributed by atoms with Crippen LogP contribution in [0.25, 0.3) is 0 Å². The van der Waals surface area contributed by atoms with Crippen LogP contribution in [0, 0.1) is 0 Å². The monoisotopic (exact) mass is 234 g/mol. The maximum Gasteiger partial charge on any atom is 0.255 e. The first-order valence-electron chi connectivity index (χ1n) is 5.55. The number of phenols is 1. The first-order chi connectivity index (χ1) is 8.18. The first kappa shape index (κ1) is 11.4. The van der Waals surface area contributed by atoms with Crippen LogP contribution in [0.15, 0.2) is 24.3 Å². The number of hydrogen-bond acceptors (Lipinski definition) is 3. The Balaban J connectivity index is 2.06. The minimum atomic E-state index is -0.504. The lowest BCUT2D eigenvalue weighted by Gasteiger charge is -2.22. The highest BCUT2D eigenvalue weighted by atomic mass is 16.3. The first-order valence-corrected chi connectivity index (χ1v) is 5.55. The molecule has 1 fully saturated rings. The molecule has 1 aliphatic rings. The van der Waals surface area contributed by atoms with Gasteiger partial charge < -0.3 is 15.7 Å². The largest absolute Gasteiger partial charge is 0.507 e. The van der Waals surface area contributed by atoms with E-state index in [2.05, 4.69) is 10.6 Å². The Morgan fingerprint density at radius 1 is 1.41 bits per heavy atom. The maximum absolute atomic E-state index is 11.8. The molecule has 0 saturated carbocycles. The topological polar surface area (TPSA) is 78.4 Å². The molecule has 0 aromatic heterocycles. The fourth-order valence-corrected chi connectivity index (χ4v) is 1.81. The lowest BCUT2D eigenvalue weighted by molar-refractivity contribution is -0.124. The van der Waals surface area contributed by atoms with Crippen molar-refractivity contribution in [2.45, 2.75) is 18.9 Å². The Morgan fingerprint density at radius 2 is 2.18 bits per heavy atom. The molecule has 1 aliphatic heterocycles. The minimum Gasteiger partial charge on any atom is -0.507 e. The highest BCUT2D eigenvalue weighted by Gasteiger charge is 2.24. The summed E-state index contributed by atoms with van der Waals surface area (Å²) in [6.07, 6.45) is 1.47. The van der Waals surface area contributed by atoms with Gasteiger partial charge in [-0.2, -0.15) is 0 Å². The van der Waals surface area contributed by atoms with Gasteiger partial charge in [0.2, 0.25) is 5.91 Å². The molecule has 1 heterocycles. The number of piperidine rings is 1. The zero-order chi connectivity index (χ0) is 12.3. The van der Waals surface area contributed by atoms with Crippen molar-refractivity contribution in [3.05, 3.63) is 29.8 Å². The third-order valence-corrected chi connectivity index (χ3v) is 2.74. The molecule has 1 unspecified atom stereocenters. The van der Waals surface area contributed by atoms with Crippen molar-refractivity contribution in [1.82, 2.24) is 10.6 Å². The van der Waals surface area contributed by atoms with Crippen LogP contribution in [0.3, 0.4) is 0 Å². The van der Waals surface area contributed by atoms with E-state index in [4.69, 9.17) is 0 Å². The number of nitrogens with one attached hydrogen (secondary N) is 2. The fraction of sp³-hybridized carbons (Fsp3) is 0.333. The summed E-state index contributed by atoms with van der Waals surface area (Å²) < 4.78 is 0. The number of benzene rings is 1. The van der Waals surface area contributed by atoms with Crippen LogP contribution in [0.4, 0.5) is 0 Å². The van der Waals surface area contributed by atoms with E-state index in [0.717, 1.165) is 6.42 Å². The van der Waals surface area contributed by atoms with Crippen LogP contribution in [0.1, 0.15) is 23.2 Å². The smallest absolute Gasteiger partial charge is 0.255 e. The molecule has 0 bridgehead atoms. The minimum absolute atomic E-state index is 0.0822. The van der Waals surface area contributed by atoms with Gasteiger partial charge in [-0.1, -0.05) is 12.1 Å². The molecule has 0 aliphatic carbocycles. The second-order valence-corrected chi connectivity index (χ2v) is 3.98. The Kier molecular flexibility index (Phi) is 3.27. The third-order valence-electron chi connectivity index (χ3n) is 2.74. The summed E-state index contributed by atoms with van der Waals surface area (Å²) in [5, 5.41) is 14.8. The predicted molar refractivity (Wildman–Crippen MR) is 61.6 cm³/mol. The van der Waals surface area contributed by atoms with Gasteiger partial charge >= 0.3 is 0 Å². The molecule has 17 heavy (non-hydrogen) atoms. The zero-order valence-corrected chi connectivity index (χ0v) is 9.27. The van der Waals surface area contributed by atoms with Crippen LogP contribution < -0.4 is 10.6 Å². The molecule has 1 atom stereocenters. The molecule has 1 aromatic carbocycles. The highest BCUT2D eigenvalue weighted by Crippen LogP contribution is 2.16. The van der Waals surface area contributed by atoms with E-state index >= 15 is 0 Å². The van der Waals surface area contributed by atoms with E-state index in [1.807, 2.05) is 0 Å². The van der Waals surface area contributed by atoms with Gasteiger partial charge in [0.05, 0.1) is 5.56 Å². The van der Waals surface area contributed by atoms with Crippen LogP contribution in [-0.4, -0.2) is 29.5 Å². The number of amides is 2. The zero-order valence-electron chi connectivity index (χ0n) is 9.27. The van der Waals surface area contributed by atoms with Crippen molar-refractivity contribution in [2.75, 3.05) is 6.54 Å². The van der Waals surface area contributed by atoms with Crippen molar-refractivity contribution in [3.63, 3.8) is 0 Å². The molecule has 5 nitrogen and oxygen atoms in total. The van der Waals surface area contributed by atoms with E-state index in [9.17, 15) is 14.7 Å². The van der Waals surface area contributed by atoms with E-state index in [1.54, 1.807) is 12.1 Å². The van der Waals surface area contributed by atoms with Crippen LogP contribution in [0.5, 0.6) is 5.75 Å². The quantitative estimate of drug-likeness (QED) is 0.693. The summed E-state index contributed by atoms with van der Waals surface area (Å²) in [5.41, 5.74) is 0.186.